The van der Waals surface area contributed by atoms with E-state index in [1.165, 1.54) is 0 Å². The van der Waals surface area contributed by atoms with Crippen LogP contribution in [0.15, 0.2) is 46.9 Å². The van der Waals surface area contributed by atoms with E-state index in [0.29, 0.717) is 28.8 Å². The van der Waals surface area contributed by atoms with E-state index in [9.17, 15) is 9.59 Å². The molecule has 1 atom stereocenters. The zero-order chi connectivity index (χ0) is 22.8. The molecule has 0 aliphatic carbocycles. The average molecular weight is 530 g/mol. The monoisotopic (exact) mass is 528 g/mol. The lowest BCUT2D eigenvalue weighted by Crippen LogP contribution is -2.50. The molecule has 31 heavy (non-hydrogen) atoms. The first kappa shape index (κ1) is 25.5. The van der Waals surface area contributed by atoms with E-state index in [4.69, 9.17) is 27.9 Å². The summed E-state index contributed by atoms with van der Waals surface area (Å²) in [4.78, 5) is 27.5. The van der Waals surface area contributed by atoms with Crippen molar-refractivity contribution in [3.8, 4) is 5.75 Å². The Morgan fingerprint density at radius 2 is 1.81 bits per heavy atom. The molecule has 2 aromatic rings. The second-order valence-electron chi connectivity index (χ2n) is 7.08. The molecule has 0 aromatic heterocycles. The van der Waals surface area contributed by atoms with Crippen LogP contribution in [-0.4, -0.2) is 35.9 Å². The molecule has 5 nitrogen and oxygen atoms in total. The normalized spacial score (nSPS) is 11.6. The van der Waals surface area contributed by atoms with E-state index in [2.05, 4.69) is 28.2 Å². The van der Waals surface area contributed by atoms with E-state index in [0.717, 1.165) is 22.9 Å². The predicted octanol–water partition coefficient (Wildman–Crippen LogP) is 5.86. The van der Waals surface area contributed by atoms with Crippen LogP contribution in [0.1, 0.15) is 38.7 Å². The molecule has 2 rings (SSSR count). The van der Waals surface area contributed by atoms with Crippen LogP contribution in [0.4, 0.5) is 0 Å². The van der Waals surface area contributed by atoms with Gasteiger partial charge in [-0.15, -0.1) is 0 Å². The molecule has 0 spiro atoms. The molecular formula is C23H27BrCl2N2O3. The van der Waals surface area contributed by atoms with Gasteiger partial charge in [-0.1, -0.05) is 65.5 Å². The molecule has 0 saturated heterocycles. The molecule has 1 N–H and O–H groups in total. The zero-order valence-electron chi connectivity index (χ0n) is 17.7. The van der Waals surface area contributed by atoms with Crippen LogP contribution in [0.25, 0.3) is 0 Å². The fraction of sp³-hybridized carbons (Fsp3) is 0.391. The van der Waals surface area contributed by atoms with Crippen molar-refractivity contribution in [1.29, 1.82) is 0 Å². The number of ether oxygens (including phenoxy) is 1. The maximum Gasteiger partial charge on any atom is 0.261 e. The number of amides is 2. The van der Waals surface area contributed by atoms with E-state index in [1.54, 1.807) is 35.2 Å². The third-order valence-electron chi connectivity index (χ3n) is 4.73. The minimum absolute atomic E-state index is 0.173. The Hall–Kier alpha value is -1.76. The van der Waals surface area contributed by atoms with Crippen LogP contribution >= 0.6 is 39.1 Å². The van der Waals surface area contributed by atoms with Gasteiger partial charge in [-0.05, 0) is 54.8 Å². The smallest absolute Gasteiger partial charge is 0.261 e. The lowest BCUT2D eigenvalue weighted by molar-refractivity contribution is -0.143. The summed E-state index contributed by atoms with van der Waals surface area (Å²) in [6.45, 7) is 4.56. The van der Waals surface area contributed by atoms with Gasteiger partial charge in [-0.3, -0.25) is 9.59 Å². The van der Waals surface area contributed by atoms with Gasteiger partial charge in [0.1, 0.15) is 11.8 Å². The SMILES string of the molecule is CCCCNC(=O)[C@@H](CC)N(Cc1ccc(Cl)c(Cl)c1)C(=O)COc1ccc(Br)cc1. The Morgan fingerprint density at radius 1 is 1.10 bits per heavy atom. The number of carbonyl (C=O) groups is 2. The Morgan fingerprint density at radius 3 is 2.42 bits per heavy atom. The quantitative estimate of drug-likeness (QED) is 0.371. The van der Waals surface area contributed by atoms with Crippen molar-refractivity contribution in [3.05, 3.63) is 62.5 Å². The first-order valence-corrected chi connectivity index (χ1v) is 11.8. The van der Waals surface area contributed by atoms with Gasteiger partial charge in [0.15, 0.2) is 6.61 Å². The molecule has 0 aliphatic rings. The number of hydrogen-bond acceptors (Lipinski definition) is 3. The second kappa shape index (κ2) is 12.9. The summed E-state index contributed by atoms with van der Waals surface area (Å²) in [7, 11) is 0. The number of unbranched alkanes of at least 4 members (excludes halogenated alkanes) is 1. The topological polar surface area (TPSA) is 58.6 Å². The van der Waals surface area contributed by atoms with E-state index >= 15 is 0 Å². The Balaban J connectivity index is 2.19. The number of nitrogens with one attached hydrogen (secondary N) is 1. The van der Waals surface area contributed by atoms with Crippen LogP contribution in [0.5, 0.6) is 5.75 Å². The van der Waals surface area contributed by atoms with Gasteiger partial charge in [0.2, 0.25) is 5.91 Å². The highest BCUT2D eigenvalue weighted by Gasteiger charge is 2.29. The Labute approximate surface area is 202 Å². The molecule has 0 aliphatic heterocycles. The van der Waals surface area contributed by atoms with Crippen LogP contribution in [-0.2, 0) is 16.1 Å². The number of carbonyl (C=O) groups excluding carboxylic acids is 2. The summed E-state index contributed by atoms with van der Waals surface area (Å²) in [5, 5.41) is 3.77. The maximum absolute atomic E-state index is 13.1. The first-order valence-electron chi connectivity index (χ1n) is 10.2. The third kappa shape index (κ3) is 8.02. The van der Waals surface area contributed by atoms with E-state index in [1.807, 2.05) is 19.1 Å². The Kier molecular flexibility index (Phi) is 10.6. The highest BCUT2D eigenvalue weighted by Crippen LogP contribution is 2.24. The van der Waals surface area contributed by atoms with Crippen LogP contribution in [0.3, 0.4) is 0 Å². The minimum Gasteiger partial charge on any atom is -0.484 e. The number of rotatable bonds is 11. The molecule has 0 saturated carbocycles. The lowest BCUT2D eigenvalue weighted by atomic mass is 10.1. The van der Waals surface area contributed by atoms with Gasteiger partial charge in [-0.2, -0.15) is 0 Å². The molecule has 2 amide bonds. The Bertz CT molecular complexity index is 878. The summed E-state index contributed by atoms with van der Waals surface area (Å²) in [6, 6.07) is 11.8. The predicted molar refractivity (Wildman–Crippen MR) is 129 cm³/mol. The molecule has 2 aromatic carbocycles. The van der Waals surface area contributed by atoms with E-state index in [-0.39, 0.29) is 25.0 Å². The largest absolute Gasteiger partial charge is 0.484 e. The zero-order valence-corrected chi connectivity index (χ0v) is 20.8. The molecular weight excluding hydrogens is 503 g/mol. The van der Waals surface area contributed by atoms with Gasteiger partial charge in [0.25, 0.3) is 5.91 Å². The second-order valence-corrected chi connectivity index (χ2v) is 8.81. The van der Waals surface area contributed by atoms with Crippen molar-refractivity contribution in [2.75, 3.05) is 13.2 Å². The first-order chi connectivity index (χ1) is 14.8. The molecule has 0 fully saturated rings. The number of hydrogen-bond donors (Lipinski definition) is 1. The summed E-state index contributed by atoms with van der Waals surface area (Å²) >= 11 is 15.5. The summed E-state index contributed by atoms with van der Waals surface area (Å²) in [5.41, 5.74) is 0.784. The maximum atomic E-state index is 13.1. The third-order valence-corrected chi connectivity index (χ3v) is 6.00. The summed E-state index contributed by atoms with van der Waals surface area (Å²) < 4.78 is 6.59. The van der Waals surface area contributed by atoms with Crippen molar-refractivity contribution in [2.45, 2.75) is 45.7 Å². The highest BCUT2D eigenvalue weighted by atomic mass is 79.9. The molecule has 0 unspecified atom stereocenters. The van der Waals surface area contributed by atoms with Gasteiger partial charge < -0.3 is 15.0 Å². The van der Waals surface area contributed by atoms with Crippen LogP contribution in [0.2, 0.25) is 10.0 Å². The standard InChI is InChI=1S/C23H27BrCl2N2O3/c1-3-5-12-27-23(30)21(4-2)28(14-16-6-11-19(25)20(26)13-16)22(29)15-31-18-9-7-17(24)8-10-18/h6-11,13,21H,3-5,12,14-15H2,1-2H3,(H,27,30)/t21-/m1/s1. The molecule has 0 bridgehead atoms. The average Bonchev–Trinajstić information content (AvgIpc) is 2.75. The fourth-order valence-corrected chi connectivity index (χ4v) is 3.60. The van der Waals surface area contributed by atoms with Crippen LogP contribution < -0.4 is 10.1 Å². The lowest BCUT2D eigenvalue weighted by Gasteiger charge is -2.30. The van der Waals surface area contributed by atoms with Crippen molar-refractivity contribution < 1.29 is 14.3 Å². The van der Waals surface area contributed by atoms with Crippen molar-refractivity contribution >= 4 is 50.9 Å². The highest BCUT2D eigenvalue weighted by molar-refractivity contribution is 9.10. The van der Waals surface area contributed by atoms with Crippen LogP contribution in [0, 0.1) is 0 Å². The van der Waals surface area contributed by atoms with Crippen molar-refractivity contribution in [1.82, 2.24) is 10.2 Å². The molecule has 0 heterocycles. The fourth-order valence-electron chi connectivity index (χ4n) is 3.02. The molecule has 0 radical (unpaired) electrons. The number of nitrogens with zero attached hydrogens (tertiary/aromatic N) is 1. The molecule has 8 heteroatoms. The van der Waals surface area contributed by atoms with Gasteiger partial charge in [0.05, 0.1) is 10.0 Å². The summed E-state index contributed by atoms with van der Waals surface area (Å²) in [5.74, 6) is 0.117. The van der Waals surface area contributed by atoms with Gasteiger partial charge in [-0.25, -0.2) is 0 Å². The molecule has 168 valence electrons. The van der Waals surface area contributed by atoms with Gasteiger partial charge >= 0.3 is 0 Å². The van der Waals surface area contributed by atoms with Crippen molar-refractivity contribution in [3.63, 3.8) is 0 Å². The van der Waals surface area contributed by atoms with E-state index < -0.39 is 6.04 Å². The van der Waals surface area contributed by atoms with Gasteiger partial charge in [0, 0.05) is 17.6 Å². The number of benzene rings is 2. The minimum atomic E-state index is -0.618. The number of halogens is 3. The summed E-state index contributed by atoms with van der Waals surface area (Å²) in [6.07, 6.45) is 2.34. The van der Waals surface area contributed by atoms with Crippen molar-refractivity contribution in [2.24, 2.45) is 0 Å².